The topological polar surface area (TPSA) is 83.0 Å². The van der Waals surface area contributed by atoms with Crippen LogP contribution < -0.4 is 0 Å². The Bertz CT molecular complexity index is 1410. The third-order valence-electron chi connectivity index (χ3n) is 6.28. The van der Waals surface area contributed by atoms with Crippen LogP contribution in [0.25, 0.3) is 22.2 Å². The number of benzene rings is 3. The Balaban J connectivity index is 1.43. The number of hydrogen-bond acceptors (Lipinski definition) is 4. The predicted octanol–water partition coefficient (Wildman–Crippen LogP) is 5.13. The molecule has 2 unspecified atom stereocenters. The van der Waals surface area contributed by atoms with Crippen LogP contribution in [0.4, 0.5) is 0 Å². The van der Waals surface area contributed by atoms with Crippen molar-refractivity contribution < 1.29 is 13.5 Å². The molecule has 0 bridgehead atoms. The Labute approximate surface area is 188 Å². The second kappa shape index (κ2) is 7.29. The molecule has 5 rings (SSSR count). The monoisotopic (exact) mass is 446 g/mol. The lowest BCUT2D eigenvalue weighted by atomic mass is 9.89. The van der Waals surface area contributed by atoms with Crippen LogP contribution in [0.1, 0.15) is 49.1 Å². The highest BCUT2D eigenvalue weighted by Crippen LogP contribution is 2.54. The highest BCUT2D eigenvalue weighted by Gasteiger charge is 2.41. The van der Waals surface area contributed by atoms with Crippen LogP contribution >= 0.6 is 0 Å². The van der Waals surface area contributed by atoms with Gasteiger partial charge in [-0.1, -0.05) is 42.5 Å². The largest absolute Gasteiger partial charge is 0.386 e. The lowest BCUT2D eigenvalue weighted by Gasteiger charge is -2.21. The molecule has 2 N–H and O–H groups in total. The van der Waals surface area contributed by atoms with Gasteiger partial charge in [0.15, 0.2) is 9.84 Å². The second-order valence-electron chi connectivity index (χ2n) is 9.25. The van der Waals surface area contributed by atoms with Crippen LogP contribution in [0.15, 0.2) is 71.6 Å². The second-order valence-corrected chi connectivity index (χ2v) is 11.3. The molecule has 1 fully saturated rings. The normalized spacial score (nSPS) is 18.8. The van der Waals surface area contributed by atoms with Crippen LogP contribution in [0.5, 0.6) is 0 Å². The Morgan fingerprint density at radius 1 is 1.00 bits per heavy atom. The van der Waals surface area contributed by atoms with E-state index in [1.807, 2.05) is 42.5 Å². The molecule has 1 aromatic heterocycles. The average Bonchev–Trinajstić information content (AvgIpc) is 3.44. The summed E-state index contributed by atoms with van der Waals surface area (Å²) in [5.74, 6) is 1.61. The smallest absolute Gasteiger partial charge is 0.175 e. The molecule has 164 valence electrons. The summed E-state index contributed by atoms with van der Waals surface area (Å²) in [5, 5.41) is 10.6. The third kappa shape index (κ3) is 3.85. The van der Waals surface area contributed by atoms with Gasteiger partial charge in [0.2, 0.25) is 0 Å². The van der Waals surface area contributed by atoms with E-state index in [1.165, 1.54) is 6.26 Å². The standard InChI is InChI=1S/C26H26N2O3S/c1-26(2,29)22-7-5-4-6-19(22)17-10-13-23-24(14-17)28-25(27-23)21-15-20(21)16-8-11-18(12-9-16)32(3,30)31/h4-14,20-21,29H,15H2,1-3H3,(H,27,28). The minimum atomic E-state index is -3.18. The van der Waals surface area contributed by atoms with Crippen LogP contribution in [0.2, 0.25) is 0 Å². The summed E-state index contributed by atoms with van der Waals surface area (Å²) >= 11 is 0. The lowest BCUT2D eigenvalue weighted by Crippen LogP contribution is -2.16. The number of nitrogens with one attached hydrogen (secondary N) is 1. The van der Waals surface area contributed by atoms with Gasteiger partial charge in [-0.3, -0.25) is 0 Å². The molecule has 1 saturated carbocycles. The number of hydrogen-bond donors (Lipinski definition) is 2. The van der Waals surface area contributed by atoms with Gasteiger partial charge in [-0.05, 0) is 72.7 Å². The van der Waals surface area contributed by atoms with Gasteiger partial charge in [0.05, 0.1) is 21.5 Å². The summed E-state index contributed by atoms with van der Waals surface area (Å²) < 4.78 is 23.4. The summed E-state index contributed by atoms with van der Waals surface area (Å²) in [7, 11) is -3.18. The molecular weight excluding hydrogens is 420 g/mol. The molecule has 32 heavy (non-hydrogen) atoms. The molecule has 2 atom stereocenters. The van der Waals surface area contributed by atoms with Gasteiger partial charge in [-0.25, -0.2) is 13.4 Å². The molecule has 0 radical (unpaired) electrons. The van der Waals surface area contributed by atoms with E-state index in [9.17, 15) is 13.5 Å². The van der Waals surface area contributed by atoms with E-state index in [0.717, 1.165) is 45.5 Å². The molecule has 1 heterocycles. The number of nitrogens with zero attached hydrogens (tertiary/aromatic N) is 1. The maximum atomic E-state index is 11.7. The summed E-state index contributed by atoms with van der Waals surface area (Å²) in [6.45, 7) is 3.60. The van der Waals surface area contributed by atoms with Crippen LogP contribution in [0, 0.1) is 0 Å². The molecule has 0 aliphatic heterocycles. The van der Waals surface area contributed by atoms with Crippen molar-refractivity contribution in [2.24, 2.45) is 0 Å². The van der Waals surface area contributed by atoms with Crippen molar-refractivity contribution in [1.29, 1.82) is 0 Å². The summed E-state index contributed by atoms with van der Waals surface area (Å²) in [6.07, 6.45) is 2.22. The van der Waals surface area contributed by atoms with Gasteiger partial charge < -0.3 is 10.1 Å². The molecule has 0 amide bonds. The van der Waals surface area contributed by atoms with Gasteiger partial charge in [0, 0.05) is 12.2 Å². The van der Waals surface area contributed by atoms with Crippen molar-refractivity contribution in [1.82, 2.24) is 9.97 Å². The molecule has 6 heteroatoms. The Hall–Kier alpha value is -2.96. The number of sulfone groups is 1. The zero-order valence-electron chi connectivity index (χ0n) is 18.3. The first kappa shape index (κ1) is 20.9. The lowest BCUT2D eigenvalue weighted by molar-refractivity contribution is 0.0792. The van der Waals surface area contributed by atoms with Crippen LogP contribution in [-0.2, 0) is 15.4 Å². The van der Waals surface area contributed by atoms with Crippen LogP contribution in [0.3, 0.4) is 0 Å². The molecule has 1 aliphatic rings. The SMILES string of the molecule is CC(C)(O)c1ccccc1-c1ccc2[nH]c(C3CC3c3ccc(S(C)(=O)=O)cc3)nc2c1. The molecular formula is C26H26N2O3S. The quantitative estimate of drug-likeness (QED) is 0.445. The Morgan fingerprint density at radius 3 is 2.41 bits per heavy atom. The van der Waals surface area contributed by atoms with E-state index in [2.05, 4.69) is 17.1 Å². The first-order chi connectivity index (χ1) is 15.1. The molecule has 0 saturated heterocycles. The van der Waals surface area contributed by atoms with E-state index in [1.54, 1.807) is 26.0 Å². The van der Waals surface area contributed by atoms with Crippen molar-refractivity contribution in [2.75, 3.05) is 6.26 Å². The maximum Gasteiger partial charge on any atom is 0.175 e. The van der Waals surface area contributed by atoms with Gasteiger partial charge in [-0.15, -0.1) is 0 Å². The first-order valence-corrected chi connectivity index (χ1v) is 12.6. The number of aromatic nitrogens is 2. The summed E-state index contributed by atoms with van der Waals surface area (Å²) in [4.78, 5) is 8.68. The minimum Gasteiger partial charge on any atom is -0.386 e. The number of H-pyrrole nitrogens is 1. The maximum absolute atomic E-state index is 11.7. The fourth-order valence-electron chi connectivity index (χ4n) is 4.46. The molecule has 4 aromatic rings. The van der Waals surface area contributed by atoms with Crippen LogP contribution in [-0.4, -0.2) is 29.7 Å². The van der Waals surface area contributed by atoms with Crippen molar-refractivity contribution in [2.45, 2.75) is 42.6 Å². The number of aromatic amines is 1. The number of imidazole rings is 1. The highest BCUT2D eigenvalue weighted by atomic mass is 32.2. The minimum absolute atomic E-state index is 0.304. The predicted molar refractivity (Wildman–Crippen MR) is 126 cm³/mol. The summed E-state index contributed by atoms with van der Waals surface area (Å²) in [6, 6.07) is 21.3. The van der Waals surface area contributed by atoms with Gasteiger partial charge in [-0.2, -0.15) is 0 Å². The molecule has 0 spiro atoms. The zero-order chi connectivity index (χ0) is 22.7. The fraction of sp³-hybridized carbons (Fsp3) is 0.269. The van der Waals surface area contributed by atoms with E-state index in [4.69, 9.17) is 4.98 Å². The van der Waals surface area contributed by atoms with Gasteiger partial charge >= 0.3 is 0 Å². The first-order valence-electron chi connectivity index (χ1n) is 10.7. The third-order valence-corrected chi connectivity index (χ3v) is 7.41. The average molecular weight is 447 g/mol. The van der Waals surface area contributed by atoms with Crippen molar-refractivity contribution in [3.8, 4) is 11.1 Å². The van der Waals surface area contributed by atoms with Gasteiger partial charge in [0.25, 0.3) is 0 Å². The molecule has 1 aliphatic carbocycles. The number of fused-ring (bicyclic) bond motifs is 1. The van der Waals surface area contributed by atoms with E-state index in [-0.39, 0.29) is 0 Å². The summed E-state index contributed by atoms with van der Waals surface area (Å²) in [5.41, 5.74) is 5.01. The zero-order valence-corrected chi connectivity index (χ0v) is 19.1. The Morgan fingerprint density at radius 2 is 1.72 bits per heavy atom. The highest BCUT2D eigenvalue weighted by molar-refractivity contribution is 7.90. The van der Waals surface area contributed by atoms with E-state index >= 15 is 0 Å². The van der Waals surface area contributed by atoms with E-state index in [0.29, 0.717) is 16.7 Å². The van der Waals surface area contributed by atoms with Crippen molar-refractivity contribution in [3.63, 3.8) is 0 Å². The number of rotatable bonds is 5. The molecule has 3 aromatic carbocycles. The van der Waals surface area contributed by atoms with Crippen molar-refractivity contribution in [3.05, 3.63) is 83.7 Å². The van der Waals surface area contributed by atoms with Crippen molar-refractivity contribution >= 4 is 20.9 Å². The van der Waals surface area contributed by atoms with Gasteiger partial charge in [0.1, 0.15) is 5.82 Å². The Kier molecular flexibility index (Phi) is 4.76. The molecule has 5 nitrogen and oxygen atoms in total. The van der Waals surface area contributed by atoms with E-state index < -0.39 is 15.4 Å². The fourth-order valence-corrected chi connectivity index (χ4v) is 5.10. The number of aliphatic hydroxyl groups is 1.